The molecule has 1 aliphatic heterocycles. The van der Waals surface area contributed by atoms with Crippen molar-refractivity contribution in [2.24, 2.45) is 0 Å². The Morgan fingerprint density at radius 2 is 1.57 bits per heavy atom. The molecule has 4 rings (SSSR count). The highest BCUT2D eigenvalue weighted by atomic mass is 32.2. The Kier molecular flexibility index (Phi) is 4.16. The number of benzene rings is 2. The molecule has 0 atom stereocenters. The molecular weight excluding hydrogens is 342 g/mol. The van der Waals surface area contributed by atoms with Crippen LogP contribution in [0.1, 0.15) is 0 Å². The van der Waals surface area contributed by atoms with Crippen LogP contribution in [0, 0.1) is 0 Å². The average molecular weight is 356 g/mol. The number of nitrogens with zero attached hydrogens (tertiary/aromatic N) is 1. The lowest BCUT2D eigenvalue weighted by molar-refractivity contribution is -0.115. The lowest BCUT2D eigenvalue weighted by atomic mass is 10.2. The standard InChI is InChI=1S/C18H13NOS3/c20-17(12-22-18-10-5-11-21-18)19-13-6-1-3-8-15(13)23-16-9-4-2-7-14(16)19/h1-11H,12H2. The summed E-state index contributed by atoms with van der Waals surface area (Å²) < 4.78 is 1.17. The second kappa shape index (κ2) is 6.43. The molecule has 0 bridgehead atoms. The van der Waals surface area contributed by atoms with Crippen molar-refractivity contribution in [1.29, 1.82) is 0 Å². The lowest BCUT2D eigenvalue weighted by Gasteiger charge is -2.30. The van der Waals surface area contributed by atoms with Crippen molar-refractivity contribution in [2.45, 2.75) is 14.0 Å². The molecule has 0 aliphatic carbocycles. The quantitative estimate of drug-likeness (QED) is 0.565. The van der Waals surface area contributed by atoms with Gasteiger partial charge in [0.1, 0.15) is 0 Å². The van der Waals surface area contributed by atoms with Crippen LogP contribution in [0.2, 0.25) is 0 Å². The fourth-order valence-electron chi connectivity index (χ4n) is 2.52. The minimum atomic E-state index is 0.114. The first-order chi connectivity index (χ1) is 11.3. The third kappa shape index (κ3) is 2.92. The Morgan fingerprint density at radius 1 is 0.913 bits per heavy atom. The Labute approximate surface area is 147 Å². The summed E-state index contributed by atoms with van der Waals surface area (Å²) in [7, 11) is 0. The van der Waals surface area contributed by atoms with Crippen LogP contribution in [0.5, 0.6) is 0 Å². The van der Waals surface area contributed by atoms with Gasteiger partial charge in [0.2, 0.25) is 5.91 Å². The summed E-state index contributed by atoms with van der Waals surface area (Å²) in [5, 5.41) is 2.04. The zero-order valence-electron chi connectivity index (χ0n) is 12.1. The summed E-state index contributed by atoms with van der Waals surface area (Å²) in [5.41, 5.74) is 1.96. The van der Waals surface area contributed by atoms with Crippen LogP contribution in [0.15, 0.2) is 80.0 Å². The van der Waals surface area contributed by atoms with Gasteiger partial charge in [-0.05, 0) is 35.7 Å². The Hall–Kier alpha value is -1.69. The lowest BCUT2D eigenvalue weighted by Crippen LogP contribution is -2.29. The van der Waals surface area contributed by atoms with Crippen molar-refractivity contribution in [3.8, 4) is 0 Å². The second-order valence-corrected chi connectivity index (χ2v) is 8.29. The summed E-state index contributed by atoms with van der Waals surface area (Å²) in [6.45, 7) is 0. The summed E-state index contributed by atoms with van der Waals surface area (Å²) in [4.78, 5) is 17.0. The second-order valence-electron chi connectivity index (χ2n) is 4.99. The summed E-state index contributed by atoms with van der Waals surface area (Å²) >= 11 is 4.99. The number of anilines is 2. The van der Waals surface area contributed by atoms with Crippen molar-refractivity contribution < 1.29 is 4.79 Å². The van der Waals surface area contributed by atoms with Gasteiger partial charge in [-0.1, -0.05) is 42.1 Å². The molecule has 5 heteroatoms. The summed E-state index contributed by atoms with van der Waals surface area (Å²) in [5.74, 6) is 0.553. The fourth-order valence-corrected chi connectivity index (χ4v) is 5.21. The number of fused-ring (bicyclic) bond motifs is 2. The van der Waals surface area contributed by atoms with E-state index in [4.69, 9.17) is 0 Å². The zero-order valence-corrected chi connectivity index (χ0v) is 14.6. The smallest absolute Gasteiger partial charge is 0.242 e. The van der Waals surface area contributed by atoms with Crippen LogP contribution in [0.3, 0.4) is 0 Å². The molecule has 1 aliphatic rings. The molecule has 1 amide bonds. The maximum atomic E-state index is 12.9. The Balaban J connectivity index is 1.68. The van der Waals surface area contributed by atoms with Crippen molar-refractivity contribution in [3.05, 3.63) is 66.0 Å². The largest absolute Gasteiger partial charge is 0.278 e. The van der Waals surface area contributed by atoms with Crippen LogP contribution in [0.25, 0.3) is 0 Å². The van der Waals surface area contributed by atoms with Crippen molar-refractivity contribution in [1.82, 2.24) is 0 Å². The number of amides is 1. The first kappa shape index (κ1) is 14.9. The molecule has 114 valence electrons. The van der Waals surface area contributed by atoms with E-state index < -0.39 is 0 Å². The van der Waals surface area contributed by atoms with Crippen LogP contribution in [-0.2, 0) is 4.79 Å². The van der Waals surface area contributed by atoms with Crippen LogP contribution >= 0.6 is 34.9 Å². The van der Waals surface area contributed by atoms with Gasteiger partial charge in [0.05, 0.1) is 21.3 Å². The molecule has 0 fully saturated rings. The first-order valence-corrected chi connectivity index (χ1v) is 9.86. The maximum absolute atomic E-state index is 12.9. The molecule has 0 saturated heterocycles. The van der Waals surface area contributed by atoms with Gasteiger partial charge in [-0.2, -0.15) is 0 Å². The van der Waals surface area contributed by atoms with E-state index in [9.17, 15) is 4.79 Å². The van der Waals surface area contributed by atoms with Gasteiger partial charge < -0.3 is 0 Å². The molecular formula is C18H13NOS3. The zero-order chi connectivity index (χ0) is 15.6. The summed E-state index contributed by atoms with van der Waals surface area (Å²) in [6, 6.07) is 20.3. The predicted molar refractivity (Wildman–Crippen MR) is 99.2 cm³/mol. The highest BCUT2D eigenvalue weighted by Gasteiger charge is 2.27. The van der Waals surface area contributed by atoms with Gasteiger partial charge in [0.15, 0.2) is 0 Å². The van der Waals surface area contributed by atoms with E-state index in [-0.39, 0.29) is 5.91 Å². The number of carbonyl (C=O) groups is 1. The van der Waals surface area contributed by atoms with E-state index in [0.717, 1.165) is 21.2 Å². The molecule has 2 aromatic carbocycles. The molecule has 0 saturated carbocycles. The predicted octanol–water partition coefficient (Wildman–Crippen LogP) is 5.67. The van der Waals surface area contributed by atoms with E-state index in [0.29, 0.717) is 5.75 Å². The van der Waals surface area contributed by atoms with Gasteiger partial charge in [0, 0.05) is 9.79 Å². The highest BCUT2D eigenvalue weighted by molar-refractivity contribution is 8.01. The van der Waals surface area contributed by atoms with Crippen molar-refractivity contribution >= 4 is 52.1 Å². The average Bonchev–Trinajstić information content (AvgIpc) is 3.11. The molecule has 0 radical (unpaired) electrons. The Morgan fingerprint density at radius 3 is 2.17 bits per heavy atom. The number of thioether (sulfide) groups is 1. The number of para-hydroxylation sites is 2. The number of hydrogen-bond donors (Lipinski definition) is 0. The highest BCUT2D eigenvalue weighted by Crippen LogP contribution is 2.48. The first-order valence-electron chi connectivity index (χ1n) is 7.18. The molecule has 1 aromatic heterocycles. The number of rotatable bonds is 3. The molecule has 0 spiro atoms. The monoisotopic (exact) mass is 355 g/mol. The molecule has 0 unspecified atom stereocenters. The van der Waals surface area contributed by atoms with E-state index in [1.807, 2.05) is 52.7 Å². The van der Waals surface area contributed by atoms with E-state index in [2.05, 4.69) is 18.2 Å². The number of thiophene rings is 1. The van der Waals surface area contributed by atoms with E-state index >= 15 is 0 Å². The van der Waals surface area contributed by atoms with Crippen molar-refractivity contribution in [3.63, 3.8) is 0 Å². The third-order valence-corrected chi connectivity index (χ3v) is 6.76. The van der Waals surface area contributed by atoms with Crippen LogP contribution in [0.4, 0.5) is 11.4 Å². The van der Waals surface area contributed by atoms with Crippen molar-refractivity contribution in [2.75, 3.05) is 10.7 Å². The molecule has 2 heterocycles. The van der Waals surface area contributed by atoms with Gasteiger partial charge in [-0.3, -0.25) is 9.69 Å². The third-order valence-electron chi connectivity index (χ3n) is 3.51. The fraction of sp³-hybridized carbons (Fsp3) is 0.0556. The molecule has 0 N–H and O–H groups in total. The normalized spacial score (nSPS) is 12.6. The number of carbonyl (C=O) groups excluding carboxylic acids is 1. The van der Waals surface area contributed by atoms with Gasteiger partial charge in [-0.25, -0.2) is 0 Å². The minimum absolute atomic E-state index is 0.114. The minimum Gasteiger partial charge on any atom is -0.278 e. The SMILES string of the molecule is O=C(CSc1cccs1)N1c2ccccc2Sc2ccccc21. The van der Waals surface area contributed by atoms with E-state index in [1.54, 1.807) is 34.9 Å². The van der Waals surface area contributed by atoms with E-state index in [1.165, 1.54) is 4.21 Å². The topological polar surface area (TPSA) is 20.3 Å². The van der Waals surface area contributed by atoms with Crippen LogP contribution in [-0.4, -0.2) is 11.7 Å². The number of hydrogen-bond acceptors (Lipinski definition) is 4. The van der Waals surface area contributed by atoms with Crippen LogP contribution < -0.4 is 4.90 Å². The van der Waals surface area contributed by atoms with Gasteiger partial charge in [0.25, 0.3) is 0 Å². The maximum Gasteiger partial charge on any atom is 0.242 e. The molecule has 3 aromatic rings. The Bertz CT molecular complexity index is 799. The summed E-state index contributed by atoms with van der Waals surface area (Å²) in [6.07, 6.45) is 0. The molecule has 2 nitrogen and oxygen atoms in total. The van der Waals surface area contributed by atoms with Gasteiger partial charge >= 0.3 is 0 Å². The van der Waals surface area contributed by atoms with Gasteiger partial charge in [-0.15, -0.1) is 23.1 Å². The molecule has 23 heavy (non-hydrogen) atoms.